The van der Waals surface area contributed by atoms with Gasteiger partial charge in [-0.2, -0.15) is 17.5 Å². The molecule has 1 unspecified atom stereocenters. The molecule has 14 heteroatoms. The fourth-order valence-corrected chi connectivity index (χ4v) is 7.37. The fourth-order valence-electron chi connectivity index (χ4n) is 3.37. The molecule has 0 bridgehead atoms. The molecule has 0 spiro atoms. The van der Waals surface area contributed by atoms with Crippen molar-refractivity contribution < 1.29 is 30.1 Å². The highest BCUT2D eigenvalue weighted by Gasteiger charge is 2.33. The monoisotopic (exact) mass is 551 g/mol. The standard InChI is InChI=1S/C20H17ClF3N3O4S3/c21-17-13-7-1-3-9-15(13)32-19(17)27(12-6-5-11-20(22,23)24)34(29,30)16-10-4-2-8-14(16)18-25-31-33(28)26-18/h1-4,7-10H,5-6,11-12H2,(H,25,26). The highest BCUT2D eigenvalue weighted by Crippen LogP contribution is 2.44. The number of alkyl halides is 3. The summed E-state index contributed by atoms with van der Waals surface area (Å²) in [6.07, 6.45) is -5.66. The summed E-state index contributed by atoms with van der Waals surface area (Å²) in [7, 11) is -4.32. The van der Waals surface area contributed by atoms with E-state index in [2.05, 4.69) is 14.2 Å². The number of nitrogens with zero attached hydrogens (tertiary/aromatic N) is 2. The summed E-state index contributed by atoms with van der Waals surface area (Å²) in [5.74, 6) is -0.0445. The Balaban J connectivity index is 1.78. The second-order valence-corrected chi connectivity index (χ2v) is 11.2. The van der Waals surface area contributed by atoms with Crippen molar-refractivity contribution in [1.82, 2.24) is 5.48 Å². The van der Waals surface area contributed by atoms with Gasteiger partial charge in [0.25, 0.3) is 10.0 Å². The van der Waals surface area contributed by atoms with Crippen molar-refractivity contribution in [3.05, 3.63) is 59.1 Å². The molecule has 34 heavy (non-hydrogen) atoms. The van der Waals surface area contributed by atoms with Crippen LogP contribution < -0.4 is 9.79 Å². The zero-order chi connectivity index (χ0) is 24.5. The van der Waals surface area contributed by atoms with Crippen molar-refractivity contribution in [3.63, 3.8) is 0 Å². The van der Waals surface area contributed by atoms with Gasteiger partial charge in [0, 0.05) is 28.6 Å². The quantitative estimate of drug-likeness (QED) is 0.382. The summed E-state index contributed by atoms with van der Waals surface area (Å²) in [5.41, 5.74) is 2.44. The number of thiophene rings is 1. The molecule has 0 fully saturated rings. The van der Waals surface area contributed by atoms with Gasteiger partial charge in [0.1, 0.15) is 5.00 Å². The topological polar surface area (TPSA) is 88.1 Å². The van der Waals surface area contributed by atoms with E-state index >= 15 is 0 Å². The number of unbranched alkanes of at least 4 members (excludes halogenated alkanes) is 1. The van der Waals surface area contributed by atoms with E-state index in [1.807, 2.05) is 0 Å². The number of halogens is 4. The number of benzene rings is 2. The van der Waals surface area contributed by atoms with Gasteiger partial charge in [-0.15, -0.1) is 15.7 Å². The van der Waals surface area contributed by atoms with Gasteiger partial charge in [-0.05, 0) is 31.0 Å². The average Bonchev–Trinajstić information content (AvgIpc) is 3.36. The first-order chi connectivity index (χ1) is 16.1. The van der Waals surface area contributed by atoms with Crippen LogP contribution in [0.3, 0.4) is 0 Å². The van der Waals surface area contributed by atoms with Crippen molar-refractivity contribution in [2.45, 2.75) is 30.3 Å². The van der Waals surface area contributed by atoms with E-state index in [4.69, 9.17) is 11.6 Å². The third-order valence-electron chi connectivity index (χ3n) is 4.90. The number of sulfonamides is 1. The Morgan fingerprint density at radius 3 is 2.50 bits per heavy atom. The number of hydroxylamine groups is 1. The molecule has 7 nitrogen and oxygen atoms in total. The summed E-state index contributed by atoms with van der Waals surface area (Å²) in [6.45, 7) is -0.221. The van der Waals surface area contributed by atoms with Gasteiger partial charge < -0.3 is 0 Å². The second-order valence-electron chi connectivity index (χ2n) is 7.21. The van der Waals surface area contributed by atoms with Crippen molar-refractivity contribution in [2.24, 2.45) is 4.40 Å². The van der Waals surface area contributed by atoms with Gasteiger partial charge in [0.05, 0.1) is 9.92 Å². The molecule has 1 aliphatic rings. The van der Waals surface area contributed by atoms with Crippen LogP contribution in [-0.4, -0.2) is 31.2 Å². The SMILES string of the molecule is O=S1N=C(c2ccccc2S(=O)(=O)N(CCCCC(F)(F)F)c2sc3ccccc3c2Cl)NO1. The molecule has 1 atom stereocenters. The van der Waals surface area contributed by atoms with Gasteiger partial charge in [-0.3, -0.25) is 4.31 Å². The summed E-state index contributed by atoms with van der Waals surface area (Å²) in [5, 5.41) is 1.03. The maximum atomic E-state index is 13.9. The first-order valence-electron chi connectivity index (χ1n) is 9.88. The maximum Gasteiger partial charge on any atom is 0.389 e. The molecule has 2 aromatic carbocycles. The predicted molar refractivity (Wildman–Crippen MR) is 127 cm³/mol. The molecule has 0 aliphatic carbocycles. The van der Waals surface area contributed by atoms with E-state index < -0.39 is 33.9 Å². The zero-order valence-electron chi connectivity index (χ0n) is 17.2. The zero-order valence-corrected chi connectivity index (χ0v) is 20.4. The van der Waals surface area contributed by atoms with E-state index in [0.717, 1.165) is 20.3 Å². The number of rotatable bonds is 8. The smallest absolute Gasteiger partial charge is 0.256 e. The molecule has 4 rings (SSSR count). The Bertz CT molecular complexity index is 1380. The number of amidine groups is 1. The highest BCUT2D eigenvalue weighted by molar-refractivity contribution is 7.93. The molecule has 0 radical (unpaired) electrons. The first-order valence-corrected chi connectivity index (χ1v) is 13.5. The van der Waals surface area contributed by atoms with Crippen LogP contribution in [0, 0.1) is 0 Å². The lowest BCUT2D eigenvalue weighted by Crippen LogP contribution is -2.33. The van der Waals surface area contributed by atoms with Crippen LogP contribution in [0.5, 0.6) is 0 Å². The minimum atomic E-state index is -4.34. The Kier molecular flexibility index (Phi) is 7.20. The number of anilines is 1. The van der Waals surface area contributed by atoms with Crippen LogP contribution in [0.25, 0.3) is 10.1 Å². The van der Waals surface area contributed by atoms with E-state index in [1.54, 1.807) is 30.3 Å². The Hall–Kier alpha value is -2.19. The maximum absolute atomic E-state index is 13.9. The van der Waals surface area contributed by atoms with E-state index in [0.29, 0.717) is 5.39 Å². The van der Waals surface area contributed by atoms with E-state index in [-0.39, 0.29) is 45.7 Å². The van der Waals surface area contributed by atoms with Crippen LogP contribution in [0.2, 0.25) is 5.02 Å². The van der Waals surface area contributed by atoms with Crippen LogP contribution in [0.15, 0.2) is 57.8 Å². The van der Waals surface area contributed by atoms with Gasteiger partial charge >= 0.3 is 17.4 Å². The number of nitrogens with one attached hydrogen (secondary N) is 1. The van der Waals surface area contributed by atoms with Crippen molar-refractivity contribution in [2.75, 3.05) is 10.8 Å². The molecule has 2 heterocycles. The van der Waals surface area contributed by atoms with E-state index in [1.165, 1.54) is 18.2 Å². The third-order valence-corrected chi connectivity index (χ3v) is 9.12. The van der Waals surface area contributed by atoms with Crippen molar-refractivity contribution in [3.8, 4) is 0 Å². The van der Waals surface area contributed by atoms with Crippen LogP contribution >= 0.6 is 22.9 Å². The molecule has 1 aromatic heterocycles. The lowest BCUT2D eigenvalue weighted by molar-refractivity contribution is -0.135. The molecule has 3 aromatic rings. The van der Waals surface area contributed by atoms with Crippen molar-refractivity contribution >= 4 is 65.2 Å². The van der Waals surface area contributed by atoms with Crippen LogP contribution in [-0.2, 0) is 25.6 Å². The minimum absolute atomic E-state index is 0.0438. The molecule has 0 saturated heterocycles. The third kappa shape index (κ3) is 5.23. The van der Waals surface area contributed by atoms with E-state index in [9.17, 15) is 25.8 Å². The molecular weight excluding hydrogens is 535 g/mol. The van der Waals surface area contributed by atoms with Gasteiger partial charge in [0.15, 0.2) is 5.84 Å². The lowest BCUT2D eigenvalue weighted by Gasteiger charge is -2.24. The molecule has 0 amide bonds. The molecule has 1 N–H and O–H groups in total. The number of hydrogen-bond acceptors (Lipinski definition) is 6. The largest absolute Gasteiger partial charge is 0.389 e. The lowest BCUT2D eigenvalue weighted by atomic mass is 10.2. The van der Waals surface area contributed by atoms with Crippen LogP contribution in [0.4, 0.5) is 18.2 Å². The number of fused-ring (bicyclic) bond motifs is 1. The minimum Gasteiger partial charge on any atom is -0.256 e. The second kappa shape index (κ2) is 9.82. The van der Waals surface area contributed by atoms with Gasteiger partial charge in [-0.1, -0.05) is 41.9 Å². The normalized spacial score (nSPS) is 16.5. The summed E-state index contributed by atoms with van der Waals surface area (Å²) in [6, 6.07) is 12.9. The number of hydrogen-bond donors (Lipinski definition) is 1. The Morgan fingerprint density at radius 1 is 1.12 bits per heavy atom. The fraction of sp³-hybridized carbons (Fsp3) is 0.250. The Labute approximate surface area is 205 Å². The molecule has 182 valence electrons. The molecule has 0 saturated carbocycles. The summed E-state index contributed by atoms with van der Waals surface area (Å²) in [4.78, 5) is -0.187. The molecular formula is C20H17ClF3N3O4S3. The Morgan fingerprint density at radius 2 is 1.82 bits per heavy atom. The molecule has 1 aliphatic heterocycles. The van der Waals surface area contributed by atoms with Crippen LogP contribution in [0.1, 0.15) is 24.8 Å². The first kappa shape index (κ1) is 24.9. The predicted octanol–water partition coefficient (Wildman–Crippen LogP) is 5.34. The van der Waals surface area contributed by atoms with Gasteiger partial charge in [-0.25, -0.2) is 18.1 Å². The van der Waals surface area contributed by atoms with Gasteiger partial charge in [0.2, 0.25) is 0 Å². The summed E-state index contributed by atoms with van der Waals surface area (Å²) < 4.78 is 87.4. The average molecular weight is 552 g/mol. The summed E-state index contributed by atoms with van der Waals surface area (Å²) >= 11 is 5.65. The highest BCUT2D eigenvalue weighted by atomic mass is 35.5. The van der Waals surface area contributed by atoms with Crippen molar-refractivity contribution in [1.29, 1.82) is 0 Å².